The van der Waals surface area contributed by atoms with Crippen molar-refractivity contribution >= 4 is 33.4 Å². The maximum Gasteiger partial charge on any atom is 0.319 e. The van der Waals surface area contributed by atoms with Crippen LogP contribution in [0.1, 0.15) is 57.4 Å². The van der Waals surface area contributed by atoms with E-state index in [1.807, 2.05) is 11.8 Å². The summed E-state index contributed by atoms with van der Waals surface area (Å²) in [5.41, 5.74) is -1.66. The molecule has 6 heterocycles. The van der Waals surface area contributed by atoms with Gasteiger partial charge in [0.25, 0.3) is 0 Å². The Bertz CT molecular complexity index is 1980. The number of nitrogens with one attached hydrogen (secondary N) is 1. The summed E-state index contributed by atoms with van der Waals surface area (Å²) in [4.78, 5) is 26.4. The summed E-state index contributed by atoms with van der Waals surface area (Å²) in [6.07, 6.45) is 2.95. The summed E-state index contributed by atoms with van der Waals surface area (Å²) in [6, 6.07) is 6.42. The van der Waals surface area contributed by atoms with Crippen LogP contribution in [0.2, 0.25) is 0 Å². The molecule has 5 aliphatic heterocycles. The van der Waals surface area contributed by atoms with Crippen molar-refractivity contribution in [3.63, 3.8) is 0 Å². The van der Waals surface area contributed by atoms with E-state index in [0.717, 1.165) is 19.4 Å². The number of aromatic nitrogens is 2. The van der Waals surface area contributed by atoms with E-state index in [-0.39, 0.29) is 70.3 Å². The zero-order valence-corrected chi connectivity index (χ0v) is 26.7. The average molecular weight is 664 g/mol. The Kier molecular flexibility index (Phi) is 7.43. The summed E-state index contributed by atoms with van der Waals surface area (Å²) in [7, 11) is 0. The van der Waals surface area contributed by atoms with Gasteiger partial charge >= 0.3 is 6.01 Å². The standard InChI is InChI=1S/C36H37F4N5O3/c1-35-9-3-11-44(18-35)33-25-15-27(39)30(24-14-22(46)13-20-7-8-26(38)23(29(20)24)5-2-6-28(47)43-35)31(40)32(25)41-34(42-33)48-19-36-10-4-12-45(36)17-21(37)16-36/h7-8,13-15,21,46H,2-6,9-12,16-19H2,1H3,(H,43,47)/t21-,35-,36+/m1/s1. The van der Waals surface area contributed by atoms with E-state index in [9.17, 15) is 14.3 Å². The molecule has 1 aromatic heterocycles. The van der Waals surface area contributed by atoms with E-state index < -0.39 is 40.3 Å². The highest BCUT2D eigenvalue weighted by molar-refractivity contribution is 6.03. The molecule has 4 aromatic rings. The third-order valence-corrected chi connectivity index (χ3v) is 10.8. The van der Waals surface area contributed by atoms with E-state index in [1.165, 1.54) is 30.3 Å². The van der Waals surface area contributed by atoms with Gasteiger partial charge in [0, 0.05) is 37.9 Å². The molecule has 6 bridgehead atoms. The lowest BCUT2D eigenvalue weighted by atomic mass is 9.89. The van der Waals surface area contributed by atoms with Crippen LogP contribution in [-0.4, -0.2) is 75.9 Å². The number of rotatable bonds is 3. The van der Waals surface area contributed by atoms with E-state index in [1.54, 1.807) is 0 Å². The fourth-order valence-electron chi connectivity index (χ4n) is 8.65. The molecule has 0 radical (unpaired) electrons. The molecule has 12 heteroatoms. The number of anilines is 1. The second-order valence-corrected chi connectivity index (χ2v) is 14.2. The second-order valence-electron chi connectivity index (χ2n) is 14.2. The van der Waals surface area contributed by atoms with Gasteiger partial charge < -0.3 is 20.1 Å². The molecule has 252 valence electrons. The molecule has 1 amide bonds. The molecule has 3 saturated heterocycles. The maximum absolute atomic E-state index is 17.0. The Balaban J connectivity index is 1.35. The zero-order chi connectivity index (χ0) is 33.4. The zero-order valence-electron chi connectivity index (χ0n) is 26.7. The van der Waals surface area contributed by atoms with Crippen molar-refractivity contribution in [2.45, 2.75) is 75.5 Å². The topological polar surface area (TPSA) is 90.8 Å². The average Bonchev–Trinajstić information content (AvgIpc) is 3.56. The van der Waals surface area contributed by atoms with E-state index in [0.29, 0.717) is 50.7 Å². The van der Waals surface area contributed by atoms with Gasteiger partial charge in [-0.2, -0.15) is 9.97 Å². The van der Waals surface area contributed by atoms with Crippen LogP contribution in [0.4, 0.5) is 23.4 Å². The van der Waals surface area contributed by atoms with Crippen LogP contribution in [0.3, 0.4) is 0 Å². The smallest absolute Gasteiger partial charge is 0.319 e. The first-order valence-corrected chi connectivity index (χ1v) is 16.7. The van der Waals surface area contributed by atoms with Crippen LogP contribution in [0.25, 0.3) is 32.8 Å². The van der Waals surface area contributed by atoms with Crippen molar-refractivity contribution in [3.8, 4) is 22.9 Å². The fraction of sp³-hybridized carbons (Fsp3) is 0.472. The third kappa shape index (κ3) is 5.19. The summed E-state index contributed by atoms with van der Waals surface area (Å²) in [5, 5.41) is 14.6. The fourth-order valence-corrected chi connectivity index (χ4v) is 8.65. The molecule has 48 heavy (non-hydrogen) atoms. The van der Waals surface area contributed by atoms with Gasteiger partial charge in [-0.1, -0.05) is 6.07 Å². The van der Waals surface area contributed by atoms with Crippen molar-refractivity contribution < 1.29 is 32.2 Å². The Hall–Kier alpha value is -4.19. The van der Waals surface area contributed by atoms with Crippen molar-refractivity contribution in [1.82, 2.24) is 20.2 Å². The molecular weight excluding hydrogens is 626 g/mol. The molecule has 0 unspecified atom stereocenters. The molecule has 5 aliphatic rings. The van der Waals surface area contributed by atoms with Crippen LogP contribution >= 0.6 is 0 Å². The molecular formula is C36H37F4N5O3. The minimum Gasteiger partial charge on any atom is -0.508 e. The number of nitrogens with zero attached hydrogens (tertiary/aromatic N) is 4. The minimum atomic E-state index is -0.994. The monoisotopic (exact) mass is 663 g/mol. The van der Waals surface area contributed by atoms with Crippen LogP contribution in [-0.2, 0) is 11.2 Å². The molecule has 2 N–H and O–H groups in total. The third-order valence-electron chi connectivity index (χ3n) is 10.8. The summed E-state index contributed by atoms with van der Waals surface area (Å²) < 4.78 is 69.6. The number of amides is 1. The van der Waals surface area contributed by atoms with Crippen molar-refractivity contribution in [1.29, 1.82) is 0 Å². The lowest BCUT2D eigenvalue weighted by molar-refractivity contribution is -0.123. The number of phenolic OH excluding ortho intramolecular Hbond substituents is 1. The van der Waals surface area contributed by atoms with Crippen LogP contribution in [0, 0.1) is 17.5 Å². The van der Waals surface area contributed by atoms with Gasteiger partial charge in [0.05, 0.1) is 16.6 Å². The van der Waals surface area contributed by atoms with Gasteiger partial charge in [-0.3, -0.25) is 9.69 Å². The molecule has 0 aliphatic carbocycles. The maximum atomic E-state index is 17.0. The first-order chi connectivity index (χ1) is 23.0. The summed E-state index contributed by atoms with van der Waals surface area (Å²) in [5.74, 6) is -2.64. The predicted molar refractivity (Wildman–Crippen MR) is 173 cm³/mol. The number of carbonyl (C=O) groups excluding carboxylic acids is 1. The summed E-state index contributed by atoms with van der Waals surface area (Å²) >= 11 is 0. The number of piperidine rings is 1. The van der Waals surface area contributed by atoms with Crippen molar-refractivity contribution in [2.24, 2.45) is 0 Å². The highest BCUT2D eigenvalue weighted by Gasteiger charge is 2.49. The quantitative estimate of drug-likeness (QED) is 0.248. The lowest BCUT2D eigenvalue weighted by Gasteiger charge is -2.42. The predicted octanol–water partition coefficient (Wildman–Crippen LogP) is 6.34. The number of phenols is 1. The number of hydrogen-bond acceptors (Lipinski definition) is 7. The van der Waals surface area contributed by atoms with Crippen LogP contribution < -0.4 is 15.0 Å². The molecule has 3 fully saturated rings. The van der Waals surface area contributed by atoms with Crippen LogP contribution in [0.5, 0.6) is 11.8 Å². The number of fused-ring (bicyclic) bond motifs is 6. The number of alkyl halides is 1. The number of aromatic hydroxyl groups is 1. The second kappa shape index (κ2) is 11.5. The number of halogens is 4. The number of aryl methyl sites for hydroxylation is 1. The largest absolute Gasteiger partial charge is 0.508 e. The van der Waals surface area contributed by atoms with Crippen molar-refractivity contribution in [3.05, 3.63) is 53.3 Å². The first-order valence-electron chi connectivity index (χ1n) is 16.7. The Labute approximate surface area is 275 Å². The highest BCUT2D eigenvalue weighted by atomic mass is 19.1. The Morgan fingerprint density at radius 3 is 2.73 bits per heavy atom. The number of benzene rings is 3. The lowest BCUT2D eigenvalue weighted by Crippen LogP contribution is -2.57. The normalized spacial score (nSPS) is 26.1. The van der Waals surface area contributed by atoms with E-state index >= 15 is 13.2 Å². The molecule has 3 aromatic carbocycles. The first kappa shape index (κ1) is 31.1. The molecule has 0 saturated carbocycles. The van der Waals surface area contributed by atoms with E-state index in [2.05, 4.69) is 15.2 Å². The van der Waals surface area contributed by atoms with Gasteiger partial charge in [-0.05, 0) is 98.2 Å². The molecule has 8 nitrogen and oxygen atoms in total. The van der Waals surface area contributed by atoms with Gasteiger partial charge in [0.2, 0.25) is 5.91 Å². The van der Waals surface area contributed by atoms with Crippen molar-refractivity contribution in [2.75, 3.05) is 37.7 Å². The number of ether oxygens (including phenoxy) is 1. The SMILES string of the molecule is C[C@@]12CCCN(C1)c1nc(OC[C@@]34CCCN3C[C@H](F)C4)nc3c(F)c(c(F)cc13)-c1cc(O)cc3ccc(F)c(c13)CCCC(=O)N2. The van der Waals surface area contributed by atoms with Gasteiger partial charge in [0.1, 0.15) is 41.5 Å². The molecule has 9 rings (SSSR count). The Morgan fingerprint density at radius 1 is 1.04 bits per heavy atom. The minimum absolute atomic E-state index is 0.0263. The van der Waals surface area contributed by atoms with Gasteiger partial charge in [-0.15, -0.1) is 0 Å². The summed E-state index contributed by atoms with van der Waals surface area (Å²) in [6.45, 7) is 3.99. The molecule has 3 atom stereocenters. The van der Waals surface area contributed by atoms with Gasteiger partial charge in [-0.25, -0.2) is 17.6 Å². The van der Waals surface area contributed by atoms with Gasteiger partial charge in [0.15, 0.2) is 5.82 Å². The van der Waals surface area contributed by atoms with Crippen LogP contribution in [0.15, 0.2) is 30.3 Å². The number of hydrogen-bond donors (Lipinski definition) is 2. The molecule has 0 spiro atoms. The highest BCUT2D eigenvalue weighted by Crippen LogP contribution is 2.44. The number of carbonyl (C=O) groups is 1. The Morgan fingerprint density at radius 2 is 1.88 bits per heavy atom. The van der Waals surface area contributed by atoms with E-state index in [4.69, 9.17) is 9.72 Å².